The number of rotatable bonds is 34. The topological polar surface area (TPSA) is 6.48 Å². The molecule has 1 atom stereocenters. The van der Waals surface area contributed by atoms with Gasteiger partial charge in [0, 0.05) is 25.5 Å². The predicted molar refractivity (Wildman–Crippen MR) is 191 cm³/mol. The van der Waals surface area contributed by atoms with Crippen LogP contribution in [0.25, 0.3) is 0 Å². The van der Waals surface area contributed by atoms with E-state index in [4.69, 9.17) is 0 Å². The first kappa shape index (κ1) is 39.4. The van der Waals surface area contributed by atoms with Gasteiger partial charge in [-0.2, -0.15) is 0 Å². The molecule has 0 saturated carbocycles. The van der Waals surface area contributed by atoms with Crippen molar-refractivity contribution in [2.24, 2.45) is 0 Å². The number of nitrogens with zero attached hydrogens (tertiary/aromatic N) is 2. The third kappa shape index (κ3) is 23.8. The second-order valence-electron chi connectivity index (χ2n) is 13.9. The molecule has 0 aromatic carbocycles. The molecule has 1 aliphatic rings. The van der Waals surface area contributed by atoms with Crippen molar-refractivity contribution in [2.75, 3.05) is 13.1 Å². The third-order valence-corrected chi connectivity index (χ3v) is 9.82. The van der Waals surface area contributed by atoms with E-state index in [9.17, 15) is 0 Å². The van der Waals surface area contributed by atoms with Crippen molar-refractivity contribution in [2.45, 2.75) is 232 Å². The molecule has 0 aliphatic carbocycles. The summed E-state index contributed by atoms with van der Waals surface area (Å²) in [5, 5.41) is 0. The minimum absolute atomic E-state index is 0.639. The van der Waals surface area contributed by atoms with E-state index in [-0.39, 0.29) is 0 Å². The van der Waals surface area contributed by atoms with Gasteiger partial charge in [0.25, 0.3) is 0 Å². The van der Waals surface area contributed by atoms with Gasteiger partial charge in [-0.1, -0.05) is 201 Å². The van der Waals surface area contributed by atoms with Crippen LogP contribution < -0.4 is 0 Å². The molecule has 0 amide bonds. The highest BCUT2D eigenvalue weighted by Gasteiger charge is 2.24. The summed E-state index contributed by atoms with van der Waals surface area (Å²) >= 11 is 0. The van der Waals surface area contributed by atoms with Gasteiger partial charge in [0.2, 0.25) is 0 Å². The highest BCUT2D eigenvalue weighted by molar-refractivity contribution is 4.97. The van der Waals surface area contributed by atoms with Crippen LogP contribution >= 0.6 is 0 Å². The first-order valence-corrected chi connectivity index (χ1v) is 20.0. The van der Waals surface area contributed by atoms with Crippen LogP contribution in [0.2, 0.25) is 0 Å². The Morgan fingerprint density at radius 1 is 0.310 bits per heavy atom. The standard InChI is InChI=1S/C40H80N2/c1-4-7-10-12-14-16-18-20-21-22-23-25-27-29-31-34-37-42-39-38-41(40(42)35-32-9-6-3)36-33-30-28-26-24-19-17-15-13-11-8-5-2/h38-40H,4-37H2,1-3H3. The van der Waals surface area contributed by atoms with Crippen LogP contribution in [0.3, 0.4) is 0 Å². The zero-order chi connectivity index (χ0) is 30.2. The smallest absolute Gasteiger partial charge is 0.101 e. The van der Waals surface area contributed by atoms with Crippen molar-refractivity contribution in [1.82, 2.24) is 9.80 Å². The lowest BCUT2D eigenvalue weighted by Crippen LogP contribution is -2.39. The van der Waals surface area contributed by atoms with Crippen LogP contribution in [0.15, 0.2) is 12.4 Å². The second-order valence-corrected chi connectivity index (χ2v) is 13.9. The maximum absolute atomic E-state index is 2.69. The molecule has 0 spiro atoms. The zero-order valence-electron chi connectivity index (χ0n) is 29.7. The van der Waals surface area contributed by atoms with E-state index in [1.165, 1.54) is 219 Å². The zero-order valence-corrected chi connectivity index (χ0v) is 29.7. The van der Waals surface area contributed by atoms with E-state index in [1.807, 2.05) is 0 Å². The Morgan fingerprint density at radius 3 is 0.833 bits per heavy atom. The lowest BCUT2D eigenvalue weighted by molar-refractivity contribution is 0.135. The van der Waals surface area contributed by atoms with E-state index in [2.05, 4.69) is 43.0 Å². The summed E-state index contributed by atoms with van der Waals surface area (Å²) in [6.45, 7) is 9.49. The fraction of sp³-hybridized carbons (Fsp3) is 0.950. The highest BCUT2D eigenvalue weighted by Crippen LogP contribution is 2.23. The molecule has 42 heavy (non-hydrogen) atoms. The fourth-order valence-electron chi connectivity index (χ4n) is 6.89. The third-order valence-electron chi connectivity index (χ3n) is 9.82. The van der Waals surface area contributed by atoms with Crippen molar-refractivity contribution in [1.29, 1.82) is 0 Å². The van der Waals surface area contributed by atoms with Gasteiger partial charge < -0.3 is 9.80 Å². The average molecular weight is 589 g/mol. The minimum atomic E-state index is 0.639. The van der Waals surface area contributed by atoms with E-state index >= 15 is 0 Å². The SMILES string of the molecule is CCCCCCCCCCCCCCCCCCN1C=CN(CCCCCCCCCCCCCC)C1CCCCC. The molecule has 2 heteroatoms. The molecule has 1 heterocycles. The van der Waals surface area contributed by atoms with Gasteiger partial charge in [-0.05, 0) is 25.7 Å². The molecule has 0 bridgehead atoms. The monoisotopic (exact) mass is 589 g/mol. The lowest BCUT2D eigenvalue weighted by Gasteiger charge is -2.33. The van der Waals surface area contributed by atoms with Crippen molar-refractivity contribution in [3.8, 4) is 0 Å². The Balaban J connectivity index is 2.03. The van der Waals surface area contributed by atoms with Crippen molar-refractivity contribution >= 4 is 0 Å². The van der Waals surface area contributed by atoms with Crippen LogP contribution in [0.4, 0.5) is 0 Å². The molecule has 0 aromatic heterocycles. The van der Waals surface area contributed by atoms with Gasteiger partial charge in [-0.3, -0.25) is 0 Å². The quantitative estimate of drug-likeness (QED) is 0.0690. The van der Waals surface area contributed by atoms with Crippen LogP contribution in [0.5, 0.6) is 0 Å². The maximum atomic E-state index is 2.69. The largest absolute Gasteiger partial charge is 0.356 e. The predicted octanol–water partition coefficient (Wildman–Crippen LogP) is 13.9. The summed E-state index contributed by atoms with van der Waals surface area (Å²) in [5.41, 5.74) is 0. The molecule has 0 aromatic rings. The molecule has 0 saturated heterocycles. The van der Waals surface area contributed by atoms with Gasteiger partial charge in [0.15, 0.2) is 0 Å². The van der Waals surface area contributed by atoms with Crippen LogP contribution in [0.1, 0.15) is 226 Å². The van der Waals surface area contributed by atoms with E-state index < -0.39 is 0 Å². The summed E-state index contributed by atoms with van der Waals surface area (Å²) in [6.07, 6.45) is 51.5. The number of unbranched alkanes of at least 4 members (excludes halogenated alkanes) is 28. The van der Waals surface area contributed by atoms with Gasteiger partial charge >= 0.3 is 0 Å². The van der Waals surface area contributed by atoms with E-state index in [0.717, 1.165) is 0 Å². The van der Waals surface area contributed by atoms with Gasteiger partial charge in [-0.25, -0.2) is 0 Å². The average Bonchev–Trinajstić information content (AvgIpc) is 3.38. The summed E-state index contributed by atoms with van der Waals surface area (Å²) in [4.78, 5) is 5.39. The van der Waals surface area contributed by atoms with Crippen LogP contribution in [0, 0.1) is 0 Å². The molecule has 250 valence electrons. The van der Waals surface area contributed by atoms with Crippen molar-refractivity contribution < 1.29 is 0 Å². The summed E-state index contributed by atoms with van der Waals surface area (Å²) in [6, 6.07) is 0. The molecule has 1 aliphatic heterocycles. The van der Waals surface area contributed by atoms with Gasteiger partial charge in [0.1, 0.15) is 6.17 Å². The second kappa shape index (κ2) is 31.8. The molecular weight excluding hydrogens is 508 g/mol. The number of hydrogen-bond acceptors (Lipinski definition) is 2. The summed E-state index contributed by atoms with van der Waals surface area (Å²) in [5.74, 6) is 0. The Morgan fingerprint density at radius 2 is 0.548 bits per heavy atom. The Hall–Kier alpha value is -0.660. The normalized spacial score (nSPS) is 15.0. The molecular formula is C40H80N2. The molecule has 2 nitrogen and oxygen atoms in total. The van der Waals surface area contributed by atoms with Gasteiger partial charge in [-0.15, -0.1) is 0 Å². The first-order valence-electron chi connectivity index (χ1n) is 20.0. The Bertz CT molecular complexity index is 544. The van der Waals surface area contributed by atoms with Gasteiger partial charge in [0.05, 0.1) is 0 Å². The molecule has 0 fully saturated rings. The minimum Gasteiger partial charge on any atom is -0.356 e. The van der Waals surface area contributed by atoms with Crippen LogP contribution in [-0.2, 0) is 0 Å². The van der Waals surface area contributed by atoms with Crippen LogP contribution in [-0.4, -0.2) is 29.1 Å². The van der Waals surface area contributed by atoms with E-state index in [0.29, 0.717) is 6.17 Å². The lowest BCUT2D eigenvalue weighted by atomic mass is 10.0. The molecule has 0 N–H and O–H groups in total. The molecule has 0 radical (unpaired) electrons. The molecule has 1 rings (SSSR count). The Labute approximate surface area is 267 Å². The summed E-state index contributed by atoms with van der Waals surface area (Å²) < 4.78 is 0. The maximum Gasteiger partial charge on any atom is 0.101 e. The molecule has 1 unspecified atom stereocenters. The first-order chi connectivity index (χ1) is 20.8. The Kier molecular flexibility index (Phi) is 29.8. The van der Waals surface area contributed by atoms with E-state index in [1.54, 1.807) is 0 Å². The fourth-order valence-corrected chi connectivity index (χ4v) is 6.89. The number of hydrogen-bond donors (Lipinski definition) is 0. The summed E-state index contributed by atoms with van der Waals surface area (Å²) in [7, 11) is 0. The van der Waals surface area contributed by atoms with Crippen molar-refractivity contribution in [3.05, 3.63) is 12.4 Å². The highest BCUT2D eigenvalue weighted by atomic mass is 15.4. The van der Waals surface area contributed by atoms with Crippen molar-refractivity contribution in [3.63, 3.8) is 0 Å².